The van der Waals surface area contributed by atoms with Crippen molar-refractivity contribution in [3.63, 3.8) is 0 Å². The highest BCUT2D eigenvalue weighted by molar-refractivity contribution is 6.21. The molecule has 0 radical (unpaired) electrons. The third-order valence-corrected chi connectivity index (χ3v) is 5.83. The van der Waals surface area contributed by atoms with Crippen LogP contribution in [0.15, 0.2) is 0 Å². The van der Waals surface area contributed by atoms with Gasteiger partial charge in [0, 0.05) is 0 Å². The molecular weight excluding hydrogens is 287 g/mol. The summed E-state index contributed by atoms with van der Waals surface area (Å²) in [6, 6.07) is 0. The van der Waals surface area contributed by atoms with Gasteiger partial charge in [-0.05, 0) is 30.6 Å². The van der Waals surface area contributed by atoms with Crippen molar-refractivity contribution in [2.45, 2.75) is 91.3 Å². The van der Waals surface area contributed by atoms with Gasteiger partial charge in [0.25, 0.3) is 0 Å². The fourth-order valence-corrected chi connectivity index (χ4v) is 2.98. The highest BCUT2D eigenvalue weighted by Crippen LogP contribution is 2.31. The van der Waals surface area contributed by atoms with Gasteiger partial charge >= 0.3 is 0 Å². The van der Waals surface area contributed by atoms with E-state index in [4.69, 9.17) is 11.6 Å². The van der Waals surface area contributed by atoms with Crippen LogP contribution < -0.4 is 0 Å². The average molecular weight is 323 g/mol. The predicted molar refractivity (Wildman–Crippen MR) is 91.6 cm³/mol. The van der Waals surface area contributed by atoms with Crippen LogP contribution in [-0.4, -0.2) is 22.8 Å². The van der Waals surface area contributed by atoms with Gasteiger partial charge in [-0.15, -0.1) is 11.6 Å². The van der Waals surface area contributed by atoms with Gasteiger partial charge in [0.15, 0.2) is 0 Å². The molecule has 0 aliphatic carbocycles. The second-order valence-electron chi connectivity index (χ2n) is 7.14. The first kappa shape index (κ1) is 21.2. The van der Waals surface area contributed by atoms with Crippen LogP contribution in [0.3, 0.4) is 0 Å². The number of halogens is 2. The molecule has 0 aromatic heterocycles. The second kappa shape index (κ2) is 10.8. The number of unbranched alkanes of at least 4 members (excludes halogenated alkanes) is 1. The van der Waals surface area contributed by atoms with Crippen LogP contribution in [0.5, 0.6) is 0 Å². The number of alkyl halides is 2. The van der Waals surface area contributed by atoms with Crippen molar-refractivity contribution >= 4 is 11.6 Å². The summed E-state index contributed by atoms with van der Waals surface area (Å²) in [5, 5.41) is 8.62. The van der Waals surface area contributed by atoms with Crippen molar-refractivity contribution < 1.29 is 9.50 Å². The van der Waals surface area contributed by atoms with Crippen LogP contribution in [0, 0.1) is 23.7 Å². The first-order valence-corrected chi connectivity index (χ1v) is 9.12. The number of rotatable bonds is 11. The van der Waals surface area contributed by atoms with E-state index in [-0.39, 0.29) is 5.92 Å². The Bertz CT molecular complexity index is 260. The largest absolute Gasteiger partial charge is 0.392 e. The van der Waals surface area contributed by atoms with Crippen LogP contribution in [-0.2, 0) is 0 Å². The van der Waals surface area contributed by atoms with Crippen LogP contribution in [0.2, 0.25) is 0 Å². The standard InChI is InChI=1S/C18H36ClFO/c1-7-8-9-12(2)13(3)10-11-14(4)15(5)18(20)17(19)16(6)21/h12-18,21H,7-11H2,1-6H3. The van der Waals surface area contributed by atoms with Gasteiger partial charge in [-0.3, -0.25) is 0 Å². The molecule has 0 bridgehead atoms. The normalized spacial score (nSPS) is 22.1. The minimum absolute atomic E-state index is 0.111. The Morgan fingerprint density at radius 1 is 0.905 bits per heavy atom. The molecule has 0 aliphatic rings. The monoisotopic (exact) mass is 322 g/mol. The molecule has 0 amide bonds. The van der Waals surface area contributed by atoms with Crippen LogP contribution in [0.1, 0.15) is 73.6 Å². The molecule has 0 fully saturated rings. The van der Waals surface area contributed by atoms with Crippen LogP contribution in [0.4, 0.5) is 4.39 Å². The van der Waals surface area contributed by atoms with Gasteiger partial charge in [0.1, 0.15) is 6.17 Å². The van der Waals surface area contributed by atoms with E-state index in [0.29, 0.717) is 11.8 Å². The van der Waals surface area contributed by atoms with Gasteiger partial charge in [-0.1, -0.05) is 66.7 Å². The Morgan fingerprint density at radius 3 is 1.86 bits per heavy atom. The molecule has 1 nitrogen and oxygen atoms in total. The van der Waals surface area contributed by atoms with Crippen molar-refractivity contribution in [3.05, 3.63) is 0 Å². The molecule has 1 N–H and O–H groups in total. The molecule has 21 heavy (non-hydrogen) atoms. The van der Waals surface area contributed by atoms with E-state index in [1.54, 1.807) is 6.92 Å². The SMILES string of the molecule is CCCCC(C)C(C)CCC(C)C(C)C(F)C(Cl)C(C)O. The van der Waals surface area contributed by atoms with Crippen LogP contribution >= 0.6 is 11.6 Å². The summed E-state index contributed by atoms with van der Waals surface area (Å²) in [5.41, 5.74) is 0. The number of hydrogen-bond acceptors (Lipinski definition) is 1. The van der Waals surface area contributed by atoms with E-state index in [9.17, 15) is 9.50 Å². The van der Waals surface area contributed by atoms with E-state index in [1.807, 2.05) is 6.92 Å². The van der Waals surface area contributed by atoms with E-state index in [1.165, 1.54) is 19.3 Å². The quantitative estimate of drug-likeness (QED) is 0.475. The zero-order valence-electron chi connectivity index (χ0n) is 14.8. The van der Waals surface area contributed by atoms with E-state index < -0.39 is 17.7 Å². The Hall–Kier alpha value is 0.180. The third-order valence-electron chi connectivity index (χ3n) is 5.23. The maximum atomic E-state index is 14.2. The summed E-state index contributed by atoms with van der Waals surface area (Å²) < 4.78 is 14.2. The number of hydrogen-bond donors (Lipinski definition) is 1. The van der Waals surface area contributed by atoms with Crippen molar-refractivity contribution in [1.29, 1.82) is 0 Å². The molecule has 0 spiro atoms. The minimum Gasteiger partial charge on any atom is -0.392 e. The number of aliphatic hydroxyl groups is 1. The van der Waals surface area contributed by atoms with Crippen molar-refractivity contribution in [3.8, 4) is 0 Å². The molecule has 0 aromatic carbocycles. The van der Waals surface area contributed by atoms with Gasteiger partial charge < -0.3 is 5.11 Å². The van der Waals surface area contributed by atoms with Gasteiger partial charge in [-0.2, -0.15) is 0 Å². The summed E-state index contributed by atoms with van der Waals surface area (Å²) in [6.45, 7) is 12.4. The van der Waals surface area contributed by atoms with Crippen molar-refractivity contribution in [2.75, 3.05) is 0 Å². The summed E-state index contributed by atoms with van der Waals surface area (Å²) in [6.07, 6.45) is 4.07. The molecule has 7 atom stereocenters. The number of aliphatic hydroxyl groups excluding tert-OH is 1. The maximum Gasteiger partial charge on any atom is 0.122 e. The Labute approximate surface area is 136 Å². The molecule has 3 heteroatoms. The van der Waals surface area contributed by atoms with Crippen molar-refractivity contribution in [2.24, 2.45) is 23.7 Å². The highest BCUT2D eigenvalue weighted by atomic mass is 35.5. The summed E-state index contributed by atoms with van der Waals surface area (Å²) >= 11 is 5.95. The van der Waals surface area contributed by atoms with Gasteiger partial charge in [-0.25, -0.2) is 4.39 Å². The van der Waals surface area contributed by atoms with Gasteiger partial charge in [0.2, 0.25) is 0 Å². The lowest BCUT2D eigenvalue weighted by Crippen LogP contribution is -2.35. The molecule has 0 saturated heterocycles. The summed E-state index contributed by atoms with van der Waals surface area (Å²) in [4.78, 5) is 0. The van der Waals surface area contributed by atoms with Gasteiger partial charge in [0.05, 0.1) is 11.5 Å². The van der Waals surface area contributed by atoms with E-state index >= 15 is 0 Å². The molecule has 0 heterocycles. The predicted octanol–water partition coefficient (Wildman–Crippen LogP) is 5.83. The lowest BCUT2D eigenvalue weighted by atomic mass is 9.81. The zero-order chi connectivity index (χ0) is 16.6. The Balaban J connectivity index is 4.20. The fraction of sp³-hybridized carbons (Fsp3) is 1.00. The van der Waals surface area contributed by atoms with E-state index in [0.717, 1.165) is 18.8 Å². The van der Waals surface area contributed by atoms with Crippen LogP contribution in [0.25, 0.3) is 0 Å². The molecule has 0 rings (SSSR count). The molecular formula is C18H36ClFO. The molecule has 0 saturated carbocycles. The first-order chi connectivity index (χ1) is 9.72. The molecule has 128 valence electrons. The third kappa shape index (κ3) is 7.83. The Kier molecular flexibility index (Phi) is 10.9. The molecule has 0 aromatic rings. The maximum absolute atomic E-state index is 14.2. The van der Waals surface area contributed by atoms with E-state index in [2.05, 4.69) is 27.7 Å². The zero-order valence-corrected chi connectivity index (χ0v) is 15.5. The smallest absolute Gasteiger partial charge is 0.122 e. The van der Waals surface area contributed by atoms with Crippen molar-refractivity contribution in [1.82, 2.24) is 0 Å². The fourth-order valence-electron chi connectivity index (χ4n) is 2.75. The molecule has 0 aliphatic heterocycles. The Morgan fingerprint density at radius 2 is 1.38 bits per heavy atom. The summed E-state index contributed by atoms with van der Waals surface area (Å²) in [7, 11) is 0. The minimum atomic E-state index is -1.14. The lowest BCUT2D eigenvalue weighted by molar-refractivity contribution is 0.100. The summed E-state index contributed by atoms with van der Waals surface area (Å²) in [5.74, 6) is 1.61. The lowest BCUT2D eigenvalue weighted by Gasteiger charge is -2.29. The highest BCUT2D eigenvalue weighted by Gasteiger charge is 2.31. The topological polar surface area (TPSA) is 20.2 Å². The average Bonchev–Trinajstić information content (AvgIpc) is 2.46. The molecule has 7 unspecified atom stereocenters. The second-order valence-corrected chi connectivity index (χ2v) is 7.64. The first-order valence-electron chi connectivity index (χ1n) is 8.68.